The Morgan fingerprint density at radius 3 is 2.18 bits per heavy atom. The van der Waals surface area contributed by atoms with E-state index in [4.69, 9.17) is 4.74 Å². The highest BCUT2D eigenvalue weighted by Crippen LogP contribution is 2.13. The van der Waals surface area contributed by atoms with Gasteiger partial charge in [-0.25, -0.2) is 0 Å². The fourth-order valence-electron chi connectivity index (χ4n) is 2.29. The second-order valence-corrected chi connectivity index (χ2v) is 5.91. The van der Waals surface area contributed by atoms with Gasteiger partial charge in [-0.3, -0.25) is 14.4 Å². The minimum absolute atomic E-state index is 0.143. The maximum atomic E-state index is 12.0. The third-order valence-electron chi connectivity index (χ3n) is 3.74. The van der Waals surface area contributed by atoms with Gasteiger partial charge in [0.25, 0.3) is 5.91 Å². The molecule has 3 N–H and O–H groups in total. The zero-order valence-electron chi connectivity index (χ0n) is 15.8. The fraction of sp³-hybridized carbons (Fsp3) is 0.190. The van der Waals surface area contributed by atoms with Crippen LogP contribution in [0.5, 0.6) is 5.75 Å². The molecule has 2 aromatic rings. The van der Waals surface area contributed by atoms with Crippen molar-refractivity contribution in [2.24, 2.45) is 0 Å². The second-order valence-electron chi connectivity index (χ2n) is 5.91. The first kappa shape index (κ1) is 20.7. The lowest BCUT2D eigenvalue weighted by Gasteiger charge is -2.07. The summed E-state index contributed by atoms with van der Waals surface area (Å²) in [5, 5.41) is 8.03. The van der Waals surface area contributed by atoms with Gasteiger partial charge in [-0.1, -0.05) is 12.1 Å². The minimum atomic E-state index is -0.275. The van der Waals surface area contributed by atoms with Crippen LogP contribution in [0, 0.1) is 0 Å². The highest BCUT2D eigenvalue weighted by atomic mass is 16.5. The number of benzene rings is 2. The van der Waals surface area contributed by atoms with E-state index in [-0.39, 0.29) is 17.7 Å². The number of hydrogen-bond acceptors (Lipinski definition) is 4. The standard InChI is InChI=1S/C21H23N3O4/c1-15(25)22-13-14-23-21(27)17-6-8-18(9-7-17)24-20(26)12-5-16-3-10-19(28-2)11-4-16/h3-12H,13-14H2,1-2H3,(H,22,25)(H,23,27)(H,24,26)/b12-5+. The number of methoxy groups -OCH3 is 1. The molecular weight excluding hydrogens is 358 g/mol. The van der Waals surface area contributed by atoms with Gasteiger partial charge < -0.3 is 20.7 Å². The van der Waals surface area contributed by atoms with Crippen molar-refractivity contribution in [1.82, 2.24) is 10.6 Å². The molecule has 0 saturated heterocycles. The summed E-state index contributed by atoms with van der Waals surface area (Å²) in [6.07, 6.45) is 3.14. The lowest BCUT2D eigenvalue weighted by Crippen LogP contribution is -2.33. The molecule has 3 amide bonds. The Kier molecular flexibility index (Phi) is 7.77. The number of hydrogen-bond donors (Lipinski definition) is 3. The van der Waals surface area contributed by atoms with E-state index in [0.29, 0.717) is 24.3 Å². The molecule has 2 rings (SSSR count). The number of carbonyl (C=O) groups excluding carboxylic acids is 3. The highest BCUT2D eigenvalue weighted by Gasteiger charge is 2.05. The van der Waals surface area contributed by atoms with Crippen molar-refractivity contribution < 1.29 is 19.1 Å². The van der Waals surface area contributed by atoms with Crippen molar-refractivity contribution in [1.29, 1.82) is 0 Å². The first-order valence-electron chi connectivity index (χ1n) is 8.74. The molecule has 0 radical (unpaired) electrons. The van der Waals surface area contributed by atoms with Crippen LogP contribution < -0.4 is 20.7 Å². The topological polar surface area (TPSA) is 96.5 Å². The second kappa shape index (κ2) is 10.5. The number of nitrogens with one attached hydrogen (secondary N) is 3. The Balaban J connectivity index is 1.83. The van der Waals surface area contributed by atoms with Crippen LogP contribution in [0.4, 0.5) is 5.69 Å². The summed E-state index contributed by atoms with van der Waals surface area (Å²) >= 11 is 0. The normalized spacial score (nSPS) is 10.4. The largest absolute Gasteiger partial charge is 0.497 e. The average molecular weight is 381 g/mol. The van der Waals surface area contributed by atoms with Crippen LogP contribution in [-0.4, -0.2) is 37.9 Å². The predicted octanol–water partition coefficient (Wildman–Crippen LogP) is 2.21. The van der Waals surface area contributed by atoms with Crippen LogP contribution in [0.3, 0.4) is 0 Å². The van der Waals surface area contributed by atoms with E-state index < -0.39 is 0 Å². The molecule has 0 bridgehead atoms. The molecule has 2 aromatic carbocycles. The van der Waals surface area contributed by atoms with Gasteiger partial charge >= 0.3 is 0 Å². The first-order valence-corrected chi connectivity index (χ1v) is 8.74. The Labute approximate surface area is 163 Å². The van der Waals surface area contributed by atoms with Crippen LogP contribution in [0.2, 0.25) is 0 Å². The number of ether oxygens (including phenoxy) is 1. The fourth-order valence-corrected chi connectivity index (χ4v) is 2.29. The lowest BCUT2D eigenvalue weighted by atomic mass is 10.2. The Bertz CT molecular complexity index is 843. The Morgan fingerprint density at radius 1 is 0.929 bits per heavy atom. The number of rotatable bonds is 8. The summed E-state index contributed by atoms with van der Waals surface area (Å²) in [6.45, 7) is 2.13. The van der Waals surface area contributed by atoms with Crippen LogP contribution in [0.15, 0.2) is 54.6 Å². The molecular formula is C21H23N3O4. The molecule has 7 heteroatoms. The van der Waals surface area contributed by atoms with Crippen LogP contribution >= 0.6 is 0 Å². The summed E-state index contributed by atoms with van der Waals surface area (Å²) in [5.74, 6) is 0.0854. The lowest BCUT2D eigenvalue weighted by molar-refractivity contribution is -0.119. The summed E-state index contributed by atoms with van der Waals surface area (Å²) in [4.78, 5) is 34.8. The van der Waals surface area contributed by atoms with E-state index >= 15 is 0 Å². The molecule has 0 aromatic heterocycles. The van der Waals surface area contributed by atoms with Gasteiger partial charge in [-0.2, -0.15) is 0 Å². The molecule has 28 heavy (non-hydrogen) atoms. The summed E-state index contributed by atoms with van der Waals surface area (Å²) < 4.78 is 5.09. The van der Waals surface area contributed by atoms with Crippen LogP contribution in [0.1, 0.15) is 22.8 Å². The summed E-state index contributed by atoms with van der Waals surface area (Å²) in [7, 11) is 1.60. The SMILES string of the molecule is COc1ccc(/C=C/C(=O)Nc2ccc(C(=O)NCCNC(C)=O)cc2)cc1. The van der Waals surface area contributed by atoms with E-state index in [2.05, 4.69) is 16.0 Å². The minimum Gasteiger partial charge on any atom is -0.497 e. The zero-order valence-corrected chi connectivity index (χ0v) is 15.8. The molecule has 0 aliphatic heterocycles. The summed E-state index contributed by atoms with van der Waals surface area (Å²) in [5.41, 5.74) is 1.93. The van der Waals surface area contributed by atoms with E-state index in [9.17, 15) is 14.4 Å². The van der Waals surface area contributed by atoms with Crippen LogP contribution in [0.25, 0.3) is 6.08 Å². The molecule has 0 fully saturated rings. The van der Waals surface area contributed by atoms with Crippen molar-refractivity contribution in [2.45, 2.75) is 6.92 Å². The van der Waals surface area contributed by atoms with Crippen LogP contribution in [-0.2, 0) is 9.59 Å². The quantitative estimate of drug-likeness (QED) is 0.482. The van der Waals surface area contributed by atoms with E-state index in [1.165, 1.54) is 13.0 Å². The number of anilines is 1. The molecule has 7 nitrogen and oxygen atoms in total. The van der Waals surface area contributed by atoms with E-state index in [1.54, 1.807) is 37.5 Å². The third kappa shape index (κ3) is 6.95. The van der Waals surface area contributed by atoms with Crippen molar-refractivity contribution in [3.05, 3.63) is 65.7 Å². The number of carbonyl (C=O) groups is 3. The Morgan fingerprint density at radius 2 is 1.57 bits per heavy atom. The van der Waals surface area contributed by atoms with E-state index in [1.807, 2.05) is 24.3 Å². The van der Waals surface area contributed by atoms with E-state index in [0.717, 1.165) is 11.3 Å². The molecule has 0 aliphatic rings. The van der Waals surface area contributed by atoms with Gasteiger partial charge in [0.2, 0.25) is 11.8 Å². The first-order chi connectivity index (χ1) is 13.5. The zero-order chi connectivity index (χ0) is 20.4. The molecule has 0 aliphatic carbocycles. The Hall–Kier alpha value is -3.61. The third-order valence-corrected chi connectivity index (χ3v) is 3.74. The van der Waals surface area contributed by atoms with Gasteiger partial charge in [0.1, 0.15) is 5.75 Å². The maximum Gasteiger partial charge on any atom is 0.251 e. The van der Waals surface area contributed by atoms with Gasteiger partial charge in [0.05, 0.1) is 7.11 Å². The smallest absolute Gasteiger partial charge is 0.251 e. The molecule has 0 spiro atoms. The maximum absolute atomic E-state index is 12.0. The van der Waals surface area contributed by atoms with Crippen molar-refractivity contribution >= 4 is 29.5 Å². The monoisotopic (exact) mass is 381 g/mol. The molecule has 0 unspecified atom stereocenters. The highest BCUT2D eigenvalue weighted by molar-refractivity contribution is 6.02. The van der Waals surface area contributed by atoms with Gasteiger partial charge in [-0.15, -0.1) is 0 Å². The van der Waals surface area contributed by atoms with Gasteiger partial charge in [-0.05, 0) is 48.0 Å². The average Bonchev–Trinajstić information content (AvgIpc) is 2.70. The molecule has 146 valence electrons. The van der Waals surface area contributed by atoms with Gasteiger partial charge in [0, 0.05) is 37.3 Å². The molecule has 0 heterocycles. The molecule has 0 saturated carbocycles. The van der Waals surface area contributed by atoms with Gasteiger partial charge in [0.15, 0.2) is 0 Å². The van der Waals surface area contributed by atoms with Crippen molar-refractivity contribution in [2.75, 3.05) is 25.5 Å². The van der Waals surface area contributed by atoms with Crippen molar-refractivity contribution in [3.63, 3.8) is 0 Å². The predicted molar refractivity (Wildman–Crippen MR) is 108 cm³/mol. The summed E-state index contributed by atoms with van der Waals surface area (Å²) in [6, 6.07) is 13.9. The number of amides is 3. The van der Waals surface area contributed by atoms with Crippen molar-refractivity contribution in [3.8, 4) is 5.75 Å². The molecule has 0 atom stereocenters.